The van der Waals surface area contributed by atoms with Gasteiger partial charge < -0.3 is 15.2 Å². The Morgan fingerprint density at radius 1 is 1.41 bits per heavy atom. The molecule has 0 amide bonds. The second-order valence-electron chi connectivity index (χ2n) is 4.85. The predicted octanol–water partition coefficient (Wildman–Crippen LogP) is 2.53. The largest absolute Gasteiger partial charge is 0.486 e. The molecule has 0 aromatic heterocycles. The molecule has 0 radical (unpaired) electrons. The lowest BCUT2D eigenvalue weighted by molar-refractivity contribution is 0.170. The zero-order chi connectivity index (χ0) is 12.6. The van der Waals surface area contributed by atoms with Crippen LogP contribution in [0.1, 0.15) is 19.4 Å². The average Bonchev–Trinajstić information content (AvgIpc) is 2.24. The fourth-order valence-electron chi connectivity index (χ4n) is 1.79. The van der Waals surface area contributed by atoms with Crippen molar-refractivity contribution >= 4 is 11.6 Å². The molecule has 0 fully saturated rings. The molecule has 1 aromatic rings. The molecular weight excluding hydrogens is 245 g/mol. The average molecular weight is 260 g/mol. The van der Waals surface area contributed by atoms with Crippen molar-refractivity contribution in [2.75, 3.05) is 13.2 Å². The Hall–Kier alpha value is -1.00. The SMILES string of the molecule is CC(C)(N)Cc1cc2c(c(Cl)c1F)OCCO2. The summed E-state index contributed by atoms with van der Waals surface area (Å²) in [6.07, 6.45) is 0.384. The molecule has 3 nitrogen and oxygen atoms in total. The summed E-state index contributed by atoms with van der Waals surface area (Å²) in [7, 11) is 0. The van der Waals surface area contributed by atoms with Gasteiger partial charge in [0.2, 0.25) is 0 Å². The van der Waals surface area contributed by atoms with E-state index in [2.05, 4.69) is 0 Å². The van der Waals surface area contributed by atoms with Gasteiger partial charge in [-0.2, -0.15) is 0 Å². The molecule has 2 rings (SSSR count). The summed E-state index contributed by atoms with van der Waals surface area (Å²) in [5, 5.41) is -0.0264. The summed E-state index contributed by atoms with van der Waals surface area (Å²) in [6, 6.07) is 1.62. The van der Waals surface area contributed by atoms with Gasteiger partial charge in [-0.25, -0.2) is 4.39 Å². The van der Waals surface area contributed by atoms with Gasteiger partial charge >= 0.3 is 0 Å². The van der Waals surface area contributed by atoms with Gasteiger partial charge in [0.15, 0.2) is 11.5 Å². The van der Waals surface area contributed by atoms with Crippen molar-refractivity contribution in [1.29, 1.82) is 0 Å². The van der Waals surface area contributed by atoms with Crippen molar-refractivity contribution < 1.29 is 13.9 Å². The van der Waals surface area contributed by atoms with E-state index in [1.165, 1.54) is 0 Å². The third-order valence-corrected chi connectivity index (χ3v) is 2.77. The first kappa shape index (κ1) is 12.5. The van der Waals surface area contributed by atoms with Crippen LogP contribution in [0.15, 0.2) is 6.07 Å². The van der Waals surface area contributed by atoms with Crippen LogP contribution in [0.4, 0.5) is 4.39 Å². The van der Waals surface area contributed by atoms with E-state index < -0.39 is 11.4 Å². The zero-order valence-corrected chi connectivity index (χ0v) is 10.6. The highest BCUT2D eigenvalue weighted by Crippen LogP contribution is 2.41. The fraction of sp³-hybridized carbons (Fsp3) is 0.500. The van der Waals surface area contributed by atoms with Crippen LogP contribution >= 0.6 is 11.6 Å². The van der Waals surface area contributed by atoms with E-state index in [1.54, 1.807) is 6.07 Å². The Balaban J connectivity index is 2.44. The lowest BCUT2D eigenvalue weighted by atomic mass is 9.95. The summed E-state index contributed by atoms with van der Waals surface area (Å²) in [5.74, 6) is 0.297. The van der Waals surface area contributed by atoms with E-state index in [0.717, 1.165) is 0 Å². The third-order valence-electron chi connectivity index (χ3n) is 2.44. The molecule has 0 saturated carbocycles. The van der Waals surface area contributed by atoms with Crippen LogP contribution < -0.4 is 15.2 Å². The Morgan fingerprint density at radius 2 is 2.06 bits per heavy atom. The smallest absolute Gasteiger partial charge is 0.182 e. The molecule has 1 aliphatic rings. The number of fused-ring (bicyclic) bond motifs is 1. The van der Waals surface area contributed by atoms with Crippen molar-refractivity contribution in [1.82, 2.24) is 0 Å². The summed E-state index contributed by atoms with van der Waals surface area (Å²) < 4.78 is 24.7. The number of hydrogen-bond acceptors (Lipinski definition) is 3. The van der Waals surface area contributed by atoms with Crippen LogP contribution in [-0.4, -0.2) is 18.8 Å². The van der Waals surface area contributed by atoms with Gasteiger partial charge in [-0.3, -0.25) is 0 Å². The van der Waals surface area contributed by atoms with Crippen LogP contribution in [0.5, 0.6) is 11.5 Å². The lowest BCUT2D eigenvalue weighted by Crippen LogP contribution is -2.34. The van der Waals surface area contributed by atoms with Crippen molar-refractivity contribution in [3.05, 3.63) is 22.5 Å². The van der Waals surface area contributed by atoms with Crippen LogP contribution in [0.2, 0.25) is 5.02 Å². The van der Waals surface area contributed by atoms with Crippen molar-refractivity contribution in [2.45, 2.75) is 25.8 Å². The Bertz CT molecular complexity index is 443. The normalized spacial score (nSPS) is 14.9. The summed E-state index contributed by atoms with van der Waals surface area (Å²) >= 11 is 5.92. The van der Waals surface area contributed by atoms with Crippen molar-refractivity contribution in [3.63, 3.8) is 0 Å². The quantitative estimate of drug-likeness (QED) is 0.888. The maximum Gasteiger partial charge on any atom is 0.182 e. The number of benzene rings is 1. The first-order valence-corrected chi connectivity index (χ1v) is 5.81. The van der Waals surface area contributed by atoms with Crippen LogP contribution in [-0.2, 0) is 6.42 Å². The fourth-order valence-corrected chi connectivity index (χ4v) is 2.06. The molecule has 17 heavy (non-hydrogen) atoms. The molecule has 2 N–H and O–H groups in total. The molecule has 0 atom stereocenters. The molecule has 1 aromatic carbocycles. The first-order valence-electron chi connectivity index (χ1n) is 5.44. The minimum absolute atomic E-state index is 0.0264. The second-order valence-corrected chi connectivity index (χ2v) is 5.23. The highest BCUT2D eigenvalue weighted by atomic mass is 35.5. The minimum atomic E-state index is -0.506. The monoisotopic (exact) mass is 259 g/mol. The summed E-state index contributed by atoms with van der Waals surface area (Å²) in [5.41, 5.74) is 5.83. The van der Waals surface area contributed by atoms with E-state index in [0.29, 0.717) is 30.9 Å². The van der Waals surface area contributed by atoms with Gasteiger partial charge in [-0.15, -0.1) is 0 Å². The Kier molecular flexibility index (Phi) is 3.19. The van der Waals surface area contributed by atoms with Crippen molar-refractivity contribution in [2.24, 2.45) is 5.73 Å². The van der Waals surface area contributed by atoms with E-state index >= 15 is 0 Å². The number of hydrogen-bond donors (Lipinski definition) is 1. The van der Waals surface area contributed by atoms with Gasteiger partial charge in [0, 0.05) is 5.54 Å². The van der Waals surface area contributed by atoms with Crippen molar-refractivity contribution in [3.8, 4) is 11.5 Å². The van der Waals surface area contributed by atoms with Gasteiger partial charge in [0.25, 0.3) is 0 Å². The van der Waals surface area contributed by atoms with Gasteiger partial charge in [0.05, 0.1) is 0 Å². The molecule has 1 heterocycles. The van der Waals surface area contributed by atoms with Gasteiger partial charge in [0.1, 0.15) is 24.1 Å². The standard InChI is InChI=1S/C12H15ClFNO2/c1-12(2,15)6-7-5-8-11(9(13)10(7)14)17-4-3-16-8/h5H,3-4,6,15H2,1-2H3. The lowest BCUT2D eigenvalue weighted by Gasteiger charge is -2.23. The number of ether oxygens (including phenoxy) is 2. The topological polar surface area (TPSA) is 44.5 Å². The van der Waals surface area contributed by atoms with E-state index in [9.17, 15) is 4.39 Å². The highest BCUT2D eigenvalue weighted by molar-refractivity contribution is 6.32. The molecule has 0 bridgehead atoms. The maximum absolute atomic E-state index is 14.0. The van der Waals surface area contributed by atoms with Crippen LogP contribution in [0.3, 0.4) is 0 Å². The van der Waals surface area contributed by atoms with E-state index in [1.807, 2.05) is 13.8 Å². The molecule has 0 unspecified atom stereocenters. The molecule has 5 heteroatoms. The Morgan fingerprint density at radius 3 is 2.71 bits per heavy atom. The molecule has 0 saturated heterocycles. The maximum atomic E-state index is 14.0. The molecule has 1 aliphatic heterocycles. The second kappa shape index (κ2) is 4.35. The van der Waals surface area contributed by atoms with Gasteiger partial charge in [-0.05, 0) is 31.9 Å². The van der Waals surface area contributed by atoms with Crippen LogP contribution in [0.25, 0.3) is 0 Å². The minimum Gasteiger partial charge on any atom is -0.486 e. The number of rotatable bonds is 2. The zero-order valence-electron chi connectivity index (χ0n) is 9.85. The highest BCUT2D eigenvalue weighted by Gasteiger charge is 2.24. The molecule has 0 aliphatic carbocycles. The molecular formula is C12H15ClFNO2. The van der Waals surface area contributed by atoms with Crippen LogP contribution in [0, 0.1) is 5.82 Å². The third kappa shape index (κ3) is 2.64. The summed E-state index contributed by atoms with van der Waals surface area (Å²) in [4.78, 5) is 0. The first-order chi connectivity index (χ1) is 7.88. The predicted molar refractivity (Wildman–Crippen MR) is 64.4 cm³/mol. The van der Waals surface area contributed by atoms with E-state index in [-0.39, 0.29) is 10.8 Å². The number of halogens is 2. The van der Waals surface area contributed by atoms with Gasteiger partial charge in [-0.1, -0.05) is 11.6 Å². The molecule has 94 valence electrons. The number of nitrogens with two attached hydrogens (primary N) is 1. The molecule has 0 spiro atoms. The van der Waals surface area contributed by atoms with E-state index in [4.69, 9.17) is 26.8 Å². The Labute approximate surface area is 105 Å². The summed E-state index contributed by atoms with van der Waals surface area (Å²) in [6.45, 7) is 4.49.